The standard InChI is InChI=1S/C25H32N2O5/c1-29-21-10-9-19(23(13-21)30-2)14-26-24(28)11-8-18-5-4-12-27(15-18)16-20-6-3-7-22-25(20)32-17-31-22/h3,6-7,9-10,13,18H,4-5,8,11-12,14-17H2,1-2H3,(H,26,28)/t18-/m1/s1. The van der Waals surface area contributed by atoms with E-state index in [0.29, 0.717) is 31.4 Å². The molecule has 0 aromatic heterocycles. The Bertz CT molecular complexity index is 933. The second-order valence-electron chi connectivity index (χ2n) is 8.39. The van der Waals surface area contributed by atoms with Crippen LogP contribution in [0.4, 0.5) is 0 Å². The van der Waals surface area contributed by atoms with Gasteiger partial charge in [0.1, 0.15) is 11.5 Å². The highest BCUT2D eigenvalue weighted by atomic mass is 16.7. The number of carbonyl (C=O) groups is 1. The van der Waals surface area contributed by atoms with Gasteiger partial charge in [0.15, 0.2) is 11.5 Å². The third-order valence-electron chi connectivity index (χ3n) is 6.23. The smallest absolute Gasteiger partial charge is 0.231 e. The predicted molar refractivity (Wildman–Crippen MR) is 121 cm³/mol. The molecule has 0 saturated carbocycles. The van der Waals surface area contributed by atoms with Crippen LogP contribution < -0.4 is 24.3 Å². The molecule has 0 unspecified atom stereocenters. The number of carbonyl (C=O) groups excluding carboxylic acids is 1. The minimum absolute atomic E-state index is 0.0754. The number of nitrogens with zero attached hydrogens (tertiary/aromatic N) is 1. The molecule has 2 heterocycles. The fourth-order valence-corrected chi connectivity index (χ4v) is 4.50. The molecule has 1 amide bonds. The van der Waals surface area contributed by atoms with Crippen LogP contribution in [0.15, 0.2) is 36.4 Å². The lowest BCUT2D eigenvalue weighted by Gasteiger charge is -2.33. The number of nitrogens with one attached hydrogen (secondary N) is 1. The molecule has 0 aliphatic carbocycles. The summed E-state index contributed by atoms with van der Waals surface area (Å²) in [4.78, 5) is 14.9. The van der Waals surface area contributed by atoms with E-state index in [1.165, 1.54) is 12.0 Å². The largest absolute Gasteiger partial charge is 0.497 e. The summed E-state index contributed by atoms with van der Waals surface area (Å²) in [5, 5.41) is 3.03. The number of hydrogen-bond acceptors (Lipinski definition) is 6. The van der Waals surface area contributed by atoms with Crippen molar-refractivity contribution < 1.29 is 23.7 Å². The minimum atomic E-state index is 0.0754. The highest BCUT2D eigenvalue weighted by molar-refractivity contribution is 5.76. The Kier molecular flexibility index (Phi) is 7.37. The first-order valence-corrected chi connectivity index (χ1v) is 11.2. The second-order valence-corrected chi connectivity index (χ2v) is 8.39. The number of rotatable bonds is 9. The molecule has 1 N–H and O–H groups in total. The maximum absolute atomic E-state index is 12.5. The second kappa shape index (κ2) is 10.6. The number of amides is 1. The molecular weight excluding hydrogens is 408 g/mol. The Morgan fingerprint density at radius 3 is 2.91 bits per heavy atom. The first kappa shape index (κ1) is 22.3. The molecule has 0 bridgehead atoms. The highest BCUT2D eigenvalue weighted by Crippen LogP contribution is 2.36. The number of benzene rings is 2. The first-order valence-electron chi connectivity index (χ1n) is 11.2. The molecule has 2 aliphatic heterocycles. The number of piperidine rings is 1. The molecule has 32 heavy (non-hydrogen) atoms. The van der Waals surface area contributed by atoms with Crippen LogP contribution in [0.2, 0.25) is 0 Å². The van der Waals surface area contributed by atoms with Gasteiger partial charge in [0.25, 0.3) is 0 Å². The Hall–Kier alpha value is -2.93. The van der Waals surface area contributed by atoms with Crippen molar-refractivity contribution in [1.82, 2.24) is 10.2 Å². The normalized spacial score (nSPS) is 17.8. The first-order chi connectivity index (χ1) is 15.7. The summed E-state index contributed by atoms with van der Waals surface area (Å²) in [5.41, 5.74) is 2.11. The van der Waals surface area contributed by atoms with E-state index in [-0.39, 0.29) is 5.91 Å². The van der Waals surface area contributed by atoms with E-state index in [0.717, 1.165) is 55.3 Å². The topological polar surface area (TPSA) is 69.3 Å². The number of para-hydroxylation sites is 1. The molecular formula is C25H32N2O5. The maximum atomic E-state index is 12.5. The average Bonchev–Trinajstić information content (AvgIpc) is 3.31. The van der Waals surface area contributed by atoms with Gasteiger partial charge in [-0.25, -0.2) is 0 Å². The van der Waals surface area contributed by atoms with Crippen molar-refractivity contribution in [1.29, 1.82) is 0 Å². The summed E-state index contributed by atoms with van der Waals surface area (Å²) < 4.78 is 21.8. The summed E-state index contributed by atoms with van der Waals surface area (Å²) in [6.45, 7) is 3.68. The Morgan fingerprint density at radius 1 is 1.16 bits per heavy atom. The van der Waals surface area contributed by atoms with Gasteiger partial charge in [-0.3, -0.25) is 9.69 Å². The molecule has 0 spiro atoms. The van der Waals surface area contributed by atoms with Gasteiger partial charge in [0.2, 0.25) is 12.7 Å². The highest BCUT2D eigenvalue weighted by Gasteiger charge is 2.24. The number of likely N-dealkylation sites (tertiary alicyclic amines) is 1. The SMILES string of the molecule is COc1ccc(CNC(=O)CC[C@H]2CCCN(Cc3cccc4c3OCO4)C2)c(OC)c1. The molecule has 7 heteroatoms. The fraction of sp³-hybridized carbons (Fsp3) is 0.480. The molecule has 7 nitrogen and oxygen atoms in total. The van der Waals surface area contributed by atoms with Gasteiger partial charge in [-0.05, 0) is 49.9 Å². The fourth-order valence-electron chi connectivity index (χ4n) is 4.50. The van der Waals surface area contributed by atoms with Crippen molar-refractivity contribution in [3.8, 4) is 23.0 Å². The van der Waals surface area contributed by atoms with Gasteiger partial charge in [-0.1, -0.05) is 12.1 Å². The van der Waals surface area contributed by atoms with E-state index in [2.05, 4.69) is 16.3 Å². The van der Waals surface area contributed by atoms with Crippen LogP contribution in [0.5, 0.6) is 23.0 Å². The van der Waals surface area contributed by atoms with E-state index >= 15 is 0 Å². The lowest BCUT2D eigenvalue weighted by molar-refractivity contribution is -0.121. The van der Waals surface area contributed by atoms with Crippen molar-refractivity contribution in [3.63, 3.8) is 0 Å². The third-order valence-corrected chi connectivity index (χ3v) is 6.23. The van der Waals surface area contributed by atoms with E-state index in [4.69, 9.17) is 18.9 Å². The van der Waals surface area contributed by atoms with E-state index in [1.807, 2.05) is 30.3 Å². The predicted octanol–water partition coefficient (Wildman–Crippen LogP) is 3.74. The van der Waals surface area contributed by atoms with Crippen LogP contribution in [0.1, 0.15) is 36.8 Å². The Labute approximate surface area is 189 Å². The van der Waals surface area contributed by atoms with Crippen LogP contribution in [-0.4, -0.2) is 44.9 Å². The Morgan fingerprint density at radius 2 is 2.06 bits per heavy atom. The van der Waals surface area contributed by atoms with Crippen LogP contribution >= 0.6 is 0 Å². The van der Waals surface area contributed by atoms with Gasteiger partial charge in [0, 0.05) is 43.2 Å². The molecule has 172 valence electrons. The van der Waals surface area contributed by atoms with Crippen molar-refractivity contribution in [2.75, 3.05) is 34.1 Å². The van der Waals surface area contributed by atoms with E-state index < -0.39 is 0 Å². The molecule has 1 fully saturated rings. The van der Waals surface area contributed by atoms with Gasteiger partial charge >= 0.3 is 0 Å². The van der Waals surface area contributed by atoms with Crippen LogP contribution in [0.25, 0.3) is 0 Å². The third kappa shape index (κ3) is 5.46. The summed E-state index contributed by atoms with van der Waals surface area (Å²) in [7, 11) is 3.25. The molecule has 4 rings (SSSR count). The van der Waals surface area contributed by atoms with Crippen LogP contribution in [-0.2, 0) is 17.9 Å². The lowest BCUT2D eigenvalue weighted by atomic mass is 9.93. The Balaban J connectivity index is 1.23. The summed E-state index contributed by atoms with van der Waals surface area (Å²) in [6, 6.07) is 11.7. The molecule has 2 aromatic carbocycles. The number of ether oxygens (including phenoxy) is 4. The molecule has 2 aromatic rings. The quantitative estimate of drug-likeness (QED) is 0.641. The van der Waals surface area contributed by atoms with E-state index in [9.17, 15) is 4.79 Å². The van der Waals surface area contributed by atoms with Gasteiger partial charge < -0.3 is 24.3 Å². The monoisotopic (exact) mass is 440 g/mol. The van der Waals surface area contributed by atoms with Gasteiger partial charge in [0.05, 0.1) is 14.2 Å². The van der Waals surface area contributed by atoms with Crippen LogP contribution in [0, 0.1) is 5.92 Å². The summed E-state index contributed by atoms with van der Waals surface area (Å²) >= 11 is 0. The zero-order valence-electron chi connectivity index (χ0n) is 18.9. The van der Waals surface area contributed by atoms with E-state index in [1.54, 1.807) is 14.2 Å². The number of methoxy groups -OCH3 is 2. The number of fused-ring (bicyclic) bond motifs is 1. The van der Waals surface area contributed by atoms with Crippen molar-refractivity contribution >= 4 is 5.91 Å². The average molecular weight is 441 g/mol. The lowest BCUT2D eigenvalue weighted by Crippen LogP contribution is -2.35. The summed E-state index contributed by atoms with van der Waals surface area (Å²) in [5.74, 6) is 3.77. The number of hydrogen-bond donors (Lipinski definition) is 1. The molecule has 2 aliphatic rings. The molecule has 1 saturated heterocycles. The van der Waals surface area contributed by atoms with Gasteiger partial charge in [-0.2, -0.15) is 0 Å². The van der Waals surface area contributed by atoms with Gasteiger partial charge in [-0.15, -0.1) is 0 Å². The summed E-state index contributed by atoms with van der Waals surface area (Å²) in [6.07, 6.45) is 3.76. The minimum Gasteiger partial charge on any atom is -0.497 e. The molecule has 0 radical (unpaired) electrons. The zero-order valence-corrected chi connectivity index (χ0v) is 18.9. The zero-order chi connectivity index (χ0) is 22.3. The maximum Gasteiger partial charge on any atom is 0.231 e. The van der Waals surface area contributed by atoms with Crippen molar-refractivity contribution in [2.45, 2.75) is 38.8 Å². The van der Waals surface area contributed by atoms with Crippen molar-refractivity contribution in [2.24, 2.45) is 5.92 Å². The molecule has 1 atom stereocenters. The van der Waals surface area contributed by atoms with Crippen LogP contribution in [0.3, 0.4) is 0 Å². The van der Waals surface area contributed by atoms with Crippen molar-refractivity contribution in [3.05, 3.63) is 47.5 Å².